The van der Waals surface area contributed by atoms with Crippen molar-refractivity contribution in [2.45, 2.75) is 57.7 Å². The van der Waals surface area contributed by atoms with Gasteiger partial charge in [0.1, 0.15) is 0 Å². The summed E-state index contributed by atoms with van der Waals surface area (Å²) in [6.45, 7) is 2.88. The molecule has 0 radical (unpaired) electrons. The van der Waals surface area contributed by atoms with Crippen LogP contribution in [0.25, 0.3) is 10.9 Å². The van der Waals surface area contributed by atoms with E-state index < -0.39 is 0 Å². The van der Waals surface area contributed by atoms with Crippen molar-refractivity contribution in [3.8, 4) is 0 Å². The maximum absolute atomic E-state index is 13.6. The molecule has 0 bridgehead atoms. The third kappa shape index (κ3) is 2.43. The molecule has 1 saturated carbocycles. The topological polar surface area (TPSA) is 66.8 Å². The van der Waals surface area contributed by atoms with Gasteiger partial charge in [0.05, 0.1) is 23.5 Å². The number of aryl methyl sites for hydroxylation is 2. The van der Waals surface area contributed by atoms with Crippen LogP contribution in [0.5, 0.6) is 0 Å². The van der Waals surface area contributed by atoms with Gasteiger partial charge >= 0.3 is 0 Å². The van der Waals surface area contributed by atoms with Gasteiger partial charge in [0, 0.05) is 29.7 Å². The molecule has 134 valence electrons. The van der Waals surface area contributed by atoms with Crippen molar-refractivity contribution in [2.24, 2.45) is 0 Å². The van der Waals surface area contributed by atoms with Crippen LogP contribution in [0.15, 0.2) is 30.6 Å². The van der Waals surface area contributed by atoms with Gasteiger partial charge in [-0.05, 0) is 56.7 Å². The van der Waals surface area contributed by atoms with Gasteiger partial charge in [-0.3, -0.25) is 14.6 Å². The molecule has 3 aromatic rings. The average Bonchev–Trinajstić information content (AvgIpc) is 3.22. The highest BCUT2D eigenvalue weighted by Gasteiger charge is 2.39. The van der Waals surface area contributed by atoms with E-state index >= 15 is 0 Å². The Morgan fingerprint density at radius 2 is 2.15 bits per heavy atom. The largest absolute Gasteiger partial charge is 0.332 e. The van der Waals surface area contributed by atoms with Gasteiger partial charge in [0.2, 0.25) is 0 Å². The first-order valence-corrected chi connectivity index (χ1v) is 9.54. The summed E-state index contributed by atoms with van der Waals surface area (Å²) >= 11 is 0. The lowest BCUT2D eigenvalue weighted by atomic mass is 9.91. The minimum atomic E-state index is 0.158. The first kappa shape index (κ1) is 15.6. The quantitative estimate of drug-likeness (QED) is 0.787. The summed E-state index contributed by atoms with van der Waals surface area (Å²) in [4.78, 5) is 15.7. The predicted octanol–water partition coefficient (Wildman–Crippen LogP) is 2.94. The molecule has 2 aromatic heterocycles. The second kappa shape index (κ2) is 5.97. The molecule has 5 rings (SSSR count). The summed E-state index contributed by atoms with van der Waals surface area (Å²) in [6.07, 6.45) is 8.86. The molecule has 2 aliphatic rings. The predicted molar refractivity (Wildman–Crippen MR) is 99.0 cm³/mol. The number of rotatable bonds is 4. The molecule has 1 atom stereocenters. The standard InChI is InChI=1S/C20H23N5O/c1-2-24-19-5-3-4-16(17(19)12-22-24)20(26)25(14-6-7-14)15-8-9-18-13(10-15)11-21-23-18/h3-5,11-12,14-15H,2,6-10H2,1H3,(H,21,23). The summed E-state index contributed by atoms with van der Waals surface area (Å²) in [5, 5.41) is 12.7. The highest BCUT2D eigenvalue weighted by molar-refractivity contribution is 6.06. The SMILES string of the molecule is CCn1ncc2c(C(=O)N(C3CC3)C3CCc4[nH]ncc4C3)cccc21. The number of hydrogen-bond acceptors (Lipinski definition) is 3. The van der Waals surface area contributed by atoms with Crippen LogP contribution in [0.3, 0.4) is 0 Å². The average molecular weight is 349 g/mol. The fourth-order valence-corrected chi connectivity index (χ4v) is 4.30. The van der Waals surface area contributed by atoms with Crippen LogP contribution in [-0.4, -0.2) is 42.9 Å². The molecule has 0 aliphatic heterocycles. The van der Waals surface area contributed by atoms with Crippen molar-refractivity contribution in [1.29, 1.82) is 0 Å². The Kier molecular flexibility index (Phi) is 3.58. The monoisotopic (exact) mass is 349 g/mol. The van der Waals surface area contributed by atoms with Crippen LogP contribution in [0.4, 0.5) is 0 Å². The van der Waals surface area contributed by atoms with Crippen molar-refractivity contribution < 1.29 is 4.79 Å². The van der Waals surface area contributed by atoms with Gasteiger partial charge in [-0.2, -0.15) is 10.2 Å². The minimum Gasteiger partial charge on any atom is -0.332 e. The Labute approximate surface area is 152 Å². The Morgan fingerprint density at radius 3 is 2.96 bits per heavy atom. The minimum absolute atomic E-state index is 0.158. The zero-order valence-corrected chi connectivity index (χ0v) is 15.0. The van der Waals surface area contributed by atoms with Crippen molar-refractivity contribution in [3.63, 3.8) is 0 Å². The molecular formula is C20H23N5O. The molecule has 6 nitrogen and oxygen atoms in total. The fraction of sp³-hybridized carbons (Fsp3) is 0.450. The number of carbonyl (C=O) groups is 1. The van der Waals surface area contributed by atoms with Gasteiger partial charge < -0.3 is 4.90 Å². The lowest BCUT2D eigenvalue weighted by Gasteiger charge is -2.34. The number of hydrogen-bond donors (Lipinski definition) is 1. The first-order valence-electron chi connectivity index (χ1n) is 9.54. The Hall–Kier alpha value is -2.63. The van der Waals surface area contributed by atoms with Crippen LogP contribution < -0.4 is 0 Å². The second-order valence-electron chi connectivity index (χ2n) is 7.41. The normalized spacial score (nSPS) is 19.5. The maximum Gasteiger partial charge on any atom is 0.255 e. The molecule has 1 N–H and O–H groups in total. The van der Waals surface area contributed by atoms with Crippen molar-refractivity contribution in [1.82, 2.24) is 24.9 Å². The van der Waals surface area contributed by atoms with Crippen molar-refractivity contribution in [2.75, 3.05) is 0 Å². The Balaban J connectivity index is 1.51. The van der Waals surface area contributed by atoms with Gasteiger partial charge in [-0.15, -0.1) is 0 Å². The van der Waals surface area contributed by atoms with E-state index in [0.717, 1.165) is 55.1 Å². The van der Waals surface area contributed by atoms with Crippen LogP contribution in [0.1, 0.15) is 47.8 Å². The van der Waals surface area contributed by atoms with E-state index in [4.69, 9.17) is 0 Å². The van der Waals surface area contributed by atoms with Crippen LogP contribution in [0, 0.1) is 0 Å². The lowest BCUT2D eigenvalue weighted by Crippen LogP contribution is -2.44. The highest BCUT2D eigenvalue weighted by atomic mass is 16.2. The van der Waals surface area contributed by atoms with Crippen LogP contribution in [0.2, 0.25) is 0 Å². The molecule has 1 fully saturated rings. The molecule has 1 amide bonds. The summed E-state index contributed by atoms with van der Waals surface area (Å²) < 4.78 is 1.95. The fourth-order valence-electron chi connectivity index (χ4n) is 4.30. The lowest BCUT2D eigenvalue weighted by molar-refractivity contribution is 0.0645. The number of carbonyl (C=O) groups excluding carboxylic acids is 1. The number of fused-ring (bicyclic) bond motifs is 2. The van der Waals surface area contributed by atoms with E-state index in [1.807, 2.05) is 35.3 Å². The van der Waals surface area contributed by atoms with Gasteiger partial charge in [-0.25, -0.2) is 0 Å². The maximum atomic E-state index is 13.6. The molecule has 0 spiro atoms. The number of amides is 1. The molecule has 6 heteroatoms. The van der Waals surface area contributed by atoms with Crippen molar-refractivity contribution in [3.05, 3.63) is 47.4 Å². The number of nitrogens with one attached hydrogen (secondary N) is 1. The van der Waals surface area contributed by atoms with E-state index in [1.165, 1.54) is 11.3 Å². The number of benzene rings is 1. The molecule has 1 aromatic carbocycles. The number of aromatic amines is 1. The first-order chi connectivity index (χ1) is 12.8. The van der Waals surface area contributed by atoms with Gasteiger partial charge in [0.15, 0.2) is 0 Å². The van der Waals surface area contributed by atoms with Gasteiger partial charge in [0.25, 0.3) is 5.91 Å². The third-order valence-corrected chi connectivity index (χ3v) is 5.78. The van der Waals surface area contributed by atoms with Crippen molar-refractivity contribution >= 4 is 16.8 Å². The molecule has 2 aliphatic carbocycles. The summed E-state index contributed by atoms with van der Waals surface area (Å²) in [6, 6.07) is 6.62. The van der Waals surface area contributed by atoms with E-state index in [9.17, 15) is 4.79 Å². The molecule has 1 unspecified atom stereocenters. The molecule has 2 heterocycles. The number of nitrogens with zero attached hydrogens (tertiary/aromatic N) is 4. The van der Waals surface area contributed by atoms with Crippen LogP contribution in [-0.2, 0) is 19.4 Å². The van der Waals surface area contributed by atoms with E-state index in [1.54, 1.807) is 0 Å². The van der Waals surface area contributed by atoms with Crippen LogP contribution >= 0.6 is 0 Å². The Morgan fingerprint density at radius 1 is 1.27 bits per heavy atom. The molecule has 0 saturated heterocycles. The zero-order valence-electron chi connectivity index (χ0n) is 15.0. The third-order valence-electron chi connectivity index (χ3n) is 5.78. The smallest absolute Gasteiger partial charge is 0.255 e. The summed E-state index contributed by atoms with van der Waals surface area (Å²) in [7, 11) is 0. The molecule has 26 heavy (non-hydrogen) atoms. The zero-order chi connectivity index (χ0) is 17.7. The Bertz CT molecular complexity index is 968. The highest BCUT2D eigenvalue weighted by Crippen LogP contribution is 2.35. The van der Waals surface area contributed by atoms with E-state index in [-0.39, 0.29) is 11.9 Å². The number of aromatic nitrogens is 4. The van der Waals surface area contributed by atoms with E-state index in [2.05, 4.69) is 27.1 Å². The van der Waals surface area contributed by atoms with Gasteiger partial charge in [-0.1, -0.05) is 6.07 Å². The molecular weight excluding hydrogens is 326 g/mol. The summed E-state index contributed by atoms with van der Waals surface area (Å²) in [5.74, 6) is 0.158. The summed E-state index contributed by atoms with van der Waals surface area (Å²) in [5.41, 5.74) is 4.31. The number of H-pyrrole nitrogens is 1. The van der Waals surface area contributed by atoms with E-state index in [0.29, 0.717) is 6.04 Å². The second-order valence-corrected chi connectivity index (χ2v) is 7.41.